The van der Waals surface area contributed by atoms with Crippen LogP contribution in [0.4, 0.5) is 4.39 Å². The molecule has 0 aliphatic carbocycles. The van der Waals surface area contributed by atoms with Gasteiger partial charge in [-0.3, -0.25) is 0 Å². The van der Waals surface area contributed by atoms with Crippen molar-refractivity contribution in [2.24, 2.45) is 0 Å². The van der Waals surface area contributed by atoms with E-state index in [-0.39, 0.29) is 18.5 Å². The van der Waals surface area contributed by atoms with E-state index in [0.29, 0.717) is 6.61 Å². The Bertz CT molecular complexity index is 480. The van der Waals surface area contributed by atoms with Gasteiger partial charge in [-0.15, -0.1) is 12.8 Å². The highest BCUT2D eigenvalue weighted by Gasteiger charge is 2.56. The molecule has 0 radical (unpaired) electrons. The van der Waals surface area contributed by atoms with E-state index in [1.807, 2.05) is 0 Å². The van der Waals surface area contributed by atoms with Crippen molar-refractivity contribution in [2.45, 2.75) is 11.7 Å². The molecule has 17 heavy (non-hydrogen) atoms. The lowest BCUT2D eigenvalue weighted by Gasteiger charge is -2.05. The molecular weight excluding hydrogens is 219 g/mol. The largest absolute Gasteiger partial charge is 0.366 e. The predicted octanol–water partition coefficient (Wildman–Crippen LogP) is 1.70. The monoisotopic (exact) mass is 230 g/mol. The zero-order chi connectivity index (χ0) is 12.3. The van der Waals surface area contributed by atoms with Gasteiger partial charge in [-0.2, -0.15) is 0 Å². The van der Waals surface area contributed by atoms with Crippen molar-refractivity contribution >= 4 is 0 Å². The standard InChI is InChI=1S/C14H11FO2/c1-3-9-16-10-13-14(4-2,17-13)11-5-7-12(15)8-6-11/h1-2,5-8,13H,9-10H2. The summed E-state index contributed by atoms with van der Waals surface area (Å²) >= 11 is 0. The molecule has 2 unspecified atom stereocenters. The maximum Gasteiger partial charge on any atom is 0.182 e. The van der Waals surface area contributed by atoms with Crippen LogP contribution in [0.2, 0.25) is 0 Å². The Kier molecular flexibility index (Phi) is 3.15. The van der Waals surface area contributed by atoms with E-state index in [0.717, 1.165) is 5.56 Å². The molecule has 86 valence electrons. The summed E-state index contributed by atoms with van der Waals surface area (Å²) < 4.78 is 23.5. The summed E-state index contributed by atoms with van der Waals surface area (Å²) in [5, 5.41) is 0. The van der Waals surface area contributed by atoms with Crippen molar-refractivity contribution in [3.05, 3.63) is 35.6 Å². The van der Waals surface area contributed by atoms with E-state index in [2.05, 4.69) is 11.8 Å². The van der Waals surface area contributed by atoms with E-state index in [1.165, 1.54) is 12.1 Å². The fourth-order valence-corrected chi connectivity index (χ4v) is 1.73. The van der Waals surface area contributed by atoms with Crippen molar-refractivity contribution in [3.8, 4) is 24.7 Å². The van der Waals surface area contributed by atoms with Gasteiger partial charge in [0.2, 0.25) is 0 Å². The van der Waals surface area contributed by atoms with E-state index in [9.17, 15) is 4.39 Å². The molecule has 0 saturated carbocycles. The van der Waals surface area contributed by atoms with Gasteiger partial charge in [0.15, 0.2) is 5.60 Å². The number of terminal acetylenes is 2. The minimum Gasteiger partial charge on any atom is -0.366 e. The minimum atomic E-state index is -0.789. The highest BCUT2D eigenvalue weighted by Crippen LogP contribution is 2.45. The highest BCUT2D eigenvalue weighted by atomic mass is 19.1. The molecule has 1 saturated heterocycles. The van der Waals surface area contributed by atoms with Crippen molar-refractivity contribution in [1.82, 2.24) is 0 Å². The molecular formula is C14H11FO2. The summed E-state index contributed by atoms with van der Waals surface area (Å²) in [4.78, 5) is 0. The van der Waals surface area contributed by atoms with Crippen LogP contribution < -0.4 is 0 Å². The molecule has 0 aromatic heterocycles. The predicted molar refractivity (Wildman–Crippen MR) is 61.4 cm³/mol. The molecule has 2 nitrogen and oxygen atoms in total. The van der Waals surface area contributed by atoms with Crippen molar-refractivity contribution < 1.29 is 13.9 Å². The molecule has 2 rings (SSSR count). The number of epoxide rings is 1. The maximum absolute atomic E-state index is 12.8. The van der Waals surface area contributed by atoms with Crippen LogP contribution in [-0.4, -0.2) is 19.3 Å². The van der Waals surface area contributed by atoms with Crippen LogP contribution in [0, 0.1) is 30.5 Å². The molecule has 1 aromatic carbocycles. The lowest BCUT2D eigenvalue weighted by molar-refractivity contribution is 0.145. The molecule has 1 aliphatic heterocycles. The summed E-state index contributed by atoms with van der Waals surface area (Å²) in [6.07, 6.45) is 10.3. The number of hydrogen-bond donors (Lipinski definition) is 0. The van der Waals surface area contributed by atoms with Gasteiger partial charge < -0.3 is 9.47 Å². The van der Waals surface area contributed by atoms with Crippen LogP contribution in [0.25, 0.3) is 0 Å². The van der Waals surface area contributed by atoms with Crippen LogP contribution in [-0.2, 0) is 15.1 Å². The first-order valence-electron chi connectivity index (χ1n) is 5.16. The number of rotatable bonds is 4. The third-order valence-electron chi connectivity index (χ3n) is 2.67. The first-order chi connectivity index (χ1) is 8.23. The minimum absolute atomic E-state index is 0.216. The Labute approximate surface area is 99.7 Å². The molecule has 2 atom stereocenters. The Morgan fingerprint density at radius 1 is 1.35 bits per heavy atom. The second kappa shape index (κ2) is 4.59. The van der Waals surface area contributed by atoms with Gasteiger partial charge in [0, 0.05) is 0 Å². The summed E-state index contributed by atoms with van der Waals surface area (Å²) in [6.45, 7) is 0.565. The van der Waals surface area contributed by atoms with E-state index < -0.39 is 5.60 Å². The number of benzene rings is 1. The summed E-state index contributed by atoms with van der Waals surface area (Å²) in [6, 6.07) is 5.96. The summed E-state index contributed by atoms with van der Waals surface area (Å²) in [5.41, 5.74) is -0.0295. The number of hydrogen-bond acceptors (Lipinski definition) is 2. The lowest BCUT2D eigenvalue weighted by atomic mass is 9.96. The Morgan fingerprint density at radius 2 is 2.06 bits per heavy atom. The molecule has 1 fully saturated rings. The lowest BCUT2D eigenvalue weighted by Crippen LogP contribution is -2.14. The molecule has 0 N–H and O–H groups in total. The summed E-state index contributed by atoms with van der Waals surface area (Å²) in [7, 11) is 0. The van der Waals surface area contributed by atoms with Gasteiger partial charge in [0.1, 0.15) is 18.5 Å². The van der Waals surface area contributed by atoms with Crippen molar-refractivity contribution in [1.29, 1.82) is 0 Å². The van der Waals surface area contributed by atoms with Crippen LogP contribution in [0.5, 0.6) is 0 Å². The third kappa shape index (κ3) is 2.17. The van der Waals surface area contributed by atoms with Crippen LogP contribution in [0.15, 0.2) is 24.3 Å². The summed E-state index contributed by atoms with van der Waals surface area (Å²) in [5.74, 6) is 4.65. The van der Waals surface area contributed by atoms with Gasteiger partial charge in [-0.25, -0.2) is 4.39 Å². The van der Waals surface area contributed by atoms with Crippen molar-refractivity contribution in [3.63, 3.8) is 0 Å². The normalized spacial score (nSPS) is 25.9. The topological polar surface area (TPSA) is 21.8 Å². The average Bonchev–Trinajstić information content (AvgIpc) is 3.05. The number of halogens is 1. The molecule has 1 heterocycles. The number of ether oxygens (including phenoxy) is 2. The van der Waals surface area contributed by atoms with Crippen LogP contribution in [0.1, 0.15) is 5.56 Å². The molecule has 0 spiro atoms. The van der Waals surface area contributed by atoms with Gasteiger partial charge in [0.05, 0.1) is 6.61 Å². The second-order valence-electron chi connectivity index (χ2n) is 3.71. The molecule has 0 bridgehead atoms. The molecule has 0 amide bonds. The van der Waals surface area contributed by atoms with E-state index >= 15 is 0 Å². The SMILES string of the molecule is C#CCOCC1OC1(C#C)c1ccc(F)cc1. The van der Waals surface area contributed by atoms with Gasteiger partial charge in [-0.05, 0) is 17.7 Å². The van der Waals surface area contributed by atoms with Crippen molar-refractivity contribution in [2.75, 3.05) is 13.2 Å². The van der Waals surface area contributed by atoms with Crippen LogP contribution >= 0.6 is 0 Å². The fraction of sp³-hybridized carbons (Fsp3) is 0.286. The highest BCUT2D eigenvalue weighted by molar-refractivity contribution is 5.38. The Hall–Kier alpha value is -1.81. The first kappa shape index (κ1) is 11.7. The fourth-order valence-electron chi connectivity index (χ4n) is 1.73. The quantitative estimate of drug-likeness (QED) is 0.446. The molecule has 1 aromatic rings. The van der Waals surface area contributed by atoms with Gasteiger partial charge >= 0.3 is 0 Å². The molecule has 3 heteroatoms. The maximum atomic E-state index is 12.8. The average molecular weight is 230 g/mol. The van der Waals surface area contributed by atoms with Crippen LogP contribution in [0.3, 0.4) is 0 Å². The Morgan fingerprint density at radius 3 is 2.65 bits per heavy atom. The zero-order valence-corrected chi connectivity index (χ0v) is 9.15. The Balaban J connectivity index is 2.07. The molecule has 1 aliphatic rings. The first-order valence-corrected chi connectivity index (χ1v) is 5.16. The smallest absolute Gasteiger partial charge is 0.182 e. The van der Waals surface area contributed by atoms with E-state index in [1.54, 1.807) is 12.1 Å². The third-order valence-corrected chi connectivity index (χ3v) is 2.67. The van der Waals surface area contributed by atoms with Gasteiger partial charge in [0.25, 0.3) is 0 Å². The van der Waals surface area contributed by atoms with Gasteiger partial charge in [-0.1, -0.05) is 24.0 Å². The second-order valence-corrected chi connectivity index (χ2v) is 3.71. The van der Waals surface area contributed by atoms with E-state index in [4.69, 9.17) is 22.3 Å². The zero-order valence-electron chi connectivity index (χ0n) is 9.15.